The number of hydrogen-bond donors (Lipinski definition) is 6. The minimum absolute atomic E-state index is 0.0498. The first kappa shape index (κ1) is 14.3. The van der Waals surface area contributed by atoms with E-state index >= 15 is 0 Å². The fourth-order valence-electron chi connectivity index (χ4n) is 2.22. The van der Waals surface area contributed by atoms with Crippen LogP contribution in [0.25, 0.3) is 0 Å². The third kappa shape index (κ3) is 3.14. The number of aliphatic carboxylic acids is 1. The first-order valence-corrected chi connectivity index (χ1v) is 5.44. The fourth-order valence-corrected chi connectivity index (χ4v) is 2.22. The summed E-state index contributed by atoms with van der Waals surface area (Å²) in [5.74, 6) is -2.97. The lowest BCUT2D eigenvalue weighted by Crippen LogP contribution is -2.51. The summed E-state index contributed by atoms with van der Waals surface area (Å²) in [5.41, 5.74) is 0. The largest absolute Gasteiger partial charge is 0.481 e. The van der Waals surface area contributed by atoms with Crippen molar-refractivity contribution in [2.24, 2.45) is 11.8 Å². The Balaban J connectivity index is 2.77. The molecule has 0 aliphatic heterocycles. The van der Waals surface area contributed by atoms with Crippen LogP contribution < -0.4 is 0 Å². The summed E-state index contributed by atoms with van der Waals surface area (Å²) < 4.78 is 0. The van der Waals surface area contributed by atoms with Crippen LogP contribution in [0, 0.1) is 11.8 Å². The number of rotatable bonds is 4. The first-order chi connectivity index (χ1) is 7.88. The van der Waals surface area contributed by atoms with Crippen LogP contribution in [0.5, 0.6) is 0 Å². The number of aliphatic hydroxyl groups excluding tert-OH is 5. The molecule has 6 atom stereocenters. The molecule has 0 bridgehead atoms. The van der Waals surface area contributed by atoms with E-state index in [-0.39, 0.29) is 12.8 Å². The van der Waals surface area contributed by atoms with Crippen LogP contribution >= 0.6 is 0 Å². The fraction of sp³-hybridized carbons (Fsp3) is 0.900. The van der Waals surface area contributed by atoms with E-state index in [4.69, 9.17) is 10.2 Å². The van der Waals surface area contributed by atoms with Crippen molar-refractivity contribution in [3.63, 3.8) is 0 Å². The summed E-state index contributed by atoms with van der Waals surface area (Å²) in [6, 6.07) is 0. The highest BCUT2D eigenvalue weighted by Gasteiger charge is 2.43. The van der Waals surface area contributed by atoms with Gasteiger partial charge in [0.05, 0.1) is 30.8 Å². The molecule has 4 unspecified atom stereocenters. The molecule has 0 heterocycles. The zero-order valence-electron chi connectivity index (χ0n) is 9.18. The standard InChI is InChI=1S/C10H18O7/c11-3-7(13)9(15)5-1-4(10(16)17)2-6(12)8(5)14/h4-9,11-15H,1-3H2,(H,16,17)/t4?,5?,6?,7?,8-,9-/m1/s1. The summed E-state index contributed by atoms with van der Waals surface area (Å²) in [5, 5.41) is 55.6. The van der Waals surface area contributed by atoms with Gasteiger partial charge in [0, 0.05) is 5.92 Å². The third-order valence-electron chi connectivity index (χ3n) is 3.28. The van der Waals surface area contributed by atoms with Gasteiger partial charge in [-0.05, 0) is 12.8 Å². The summed E-state index contributed by atoms with van der Waals surface area (Å²) in [6.45, 7) is -0.696. The number of carboxylic acids is 1. The maximum atomic E-state index is 10.8. The Morgan fingerprint density at radius 1 is 1.24 bits per heavy atom. The van der Waals surface area contributed by atoms with Crippen LogP contribution in [0.4, 0.5) is 0 Å². The van der Waals surface area contributed by atoms with Gasteiger partial charge in [-0.15, -0.1) is 0 Å². The summed E-state index contributed by atoms with van der Waals surface area (Å²) >= 11 is 0. The molecule has 7 nitrogen and oxygen atoms in total. The average molecular weight is 250 g/mol. The van der Waals surface area contributed by atoms with Crippen LogP contribution in [0.15, 0.2) is 0 Å². The van der Waals surface area contributed by atoms with Crippen LogP contribution in [0.2, 0.25) is 0 Å². The lowest BCUT2D eigenvalue weighted by Gasteiger charge is -2.38. The molecule has 0 aromatic carbocycles. The molecule has 0 spiro atoms. The van der Waals surface area contributed by atoms with Crippen LogP contribution in [0.1, 0.15) is 12.8 Å². The van der Waals surface area contributed by atoms with E-state index < -0.39 is 48.8 Å². The summed E-state index contributed by atoms with van der Waals surface area (Å²) in [7, 11) is 0. The monoisotopic (exact) mass is 250 g/mol. The number of carbonyl (C=O) groups is 1. The molecule has 100 valence electrons. The van der Waals surface area contributed by atoms with Crippen molar-refractivity contribution in [1.29, 1.82) is 0 Å². The summed E-state index contributed by atoms with van der Waals surface area (Å²) in [4.78, 5) is 10.8. The molecule has 1 saturated carbocycles. The first-order valence-electron chi connectivity index (χ1n) is 5.44. The molecule has 17 heavy (non-hydrogen) atoms. The Bertz CT molecular complexity index is 269. The lowest BCUT2D eigenvalue weighted by molar-refractivity contribution is -0.158. The van der Waals surface area contributed by atoms with E-state index in [0.29, 0.717) is 0 Å². The van der Waals surface area contributed by atoms with Gasteiger partial charge in [-0.2, -0.15) is 0 Å². The molecule has 0 aromatic rings. The molecule has 0 saturated heterocycles. The topological polar surface area (TPSA) is 138 Å². The van der Waals surface area contributed by atoms with Gasteiger partial charge in [-0.25, -0.2) is 0 Å². The van der Waals surface area contributed by atoms with Crippen LogP contribution in [-0.4, -0.2) is 67.6 Å². The molecule has 1 rings (SSSR count). The van der Waals surface area contributed by atoms with Gasteiger partial charge in [-0.1, -0.05) is 0 Å². The van der Waals surface area contributed by atoms with Crippen LogP contribution in [0.3, 0.4) is 0 Å². The van der Waals surface area contributed by atoms with E-state index in [0.717, 1.165) is 0 Å². The highest BCUT2D eigenvalue weighted by Crippen LogP contribution is 2.33. The SMILES string of the molecule is O=C(O)C1CC(O)[C@H](O)C([C@@H](O)C(O)CO)C1. The average Bonchev–Trinajstić information content (AvgIpc) is 2.30. The number of aliphatic hydroxyl groups is 5. The van der Waals surface area contributed by atoms with Gasteiger partial charge in [0.15, 0.2) is 0 Å². The van der Waals surface area contributed by atoms with Crippen molar-refractivity contribution < 1.29 is 35.4 Å². The third-order valence-corrected chi connectivity index (χ3v) is 3.28. The Kier molecular flexibility index (Phi) is 4.84. The molecular formula is C10H18O7. The molecule has 7 heteroatoms. The minimum Gasteiger partial charge on any atom is -0.481 e. The number of carboxylic acid groups (broad SMARTS) is 1. The number of hydrogen-bond acceptors (Lipinski definition) is 6. The normalized spacial score (nSPS) is 37.5. The maximum Gasteiger partial charge on any atom is 0.306 e. The zero-order chi connectivity index (χ0) is 13.2. The van der Waals surface area contributed by atoms with E-state index in [1.807, 2.05) is 0 Å². The highest BCUT2D eigenvalue weighted by atomic mass is 16.4. The Morgan fingerprint density at radius 3 is 2.29 bits per heavy atom. The zero-order valence-corrected chi connectivity index (χ0v) is 9.18. The smallest absolute Gasteiger partial charge is 0.306 e. The molecule has 0 aromatic heterocycles. The predicted molar refractivity (Wildman–Crippen MR) is 55.0 cm³/mol. The molecular weight excluding hydrogens is 232 g/mol. The Morgan fingerprint density at radius 2 is 1.82 bits per heavy atom. The van der Waals surface area contributed by atoms with Gasteiger partial charge in [0.2, 0.25) is 0 Å². The molecule has 6 N–H and O–H groups in total. The van der Waals surface area contributed by atoms with E-state index in [9.17, 15) is 25.2 Å². The van der Waals surface area contributed by atoms with Gasteiger partial charge in [0.1, 0.15) is 6.10 Å². The quantitative estimate of drug-likeness (QED) is 0.325. The minimum atomic E-state index is -1.47. The van der Waals surface area contributed by atoms with Crippen LogP contribution in [-0.2, 0) is 4.79 Å². The van der Waals surface area contributed by atoms with E-state index in [1.54, 1.807) is 0 Å². The molecule has 0 radical (unpaired) electrons. The second-order valence-corrected chi connectivity index (χ2v) is 4.47. The van der Waals surface area contributed by atoms with Gasteiger partial charge < -0.3 is 30.6 Å². The van der Waals surface area contributed by atoms with Crippen molar-refractivity contribution in [1.82, 2.24) is 0 Å². The van der Waals surface area contributed by atoms with Crippen molar-refractivity contribution in [2.75, 3.05) is 6.61 Å². The molecule has 1 aliphatic carbocycles. The van der Waals surface area contributed by atoms with Gasteiger partial charge >= 0.3 is 5.97 Å². The van der Waals surface area contributed by atoms with Crippen molar-refractivity contribution >= 4 is 5.97 Å². The lowest BCUT2D eigenvalue weighted by atomic mass is 9.74. The van der Waals surface area contributed by atoms with Crippen molar-refractivity contribution in [2.45, 2.75) is 37.3 Å². The van der Waals surface area contributed by atoms with Crippen molar-refractivity contribution in [3.8, 4) is 0 Å². The predicted octanol–water partition coefficient (Wildman–Crippen LogP) is -2.47. The second kappa shape index (κ2) is 5.74. The van der Waals surface area contributed by atoms with Gasteiger partial charge in [-0.3, -0.25) is 4.79 Å². The molecule has 0 amide bonds. The Hall–Kier alpha value is -0.730. The molecule has 1 aliphatic rings. The van der Waals surface area contributed by atoms with E-state index in [2.05, 4.69) is 0 Å². The Labute approximate surface area is 97.9 Å². The second-order valence-electron chi connectivity index (χ2n) is 4.47. The van der Waals surface area contributed by atoms with Gasteiger partial charge in [0.25, 0.3) is 0 Å². The highest BCUT2D eigenvalue weighted by molar-refractivity contribution is 5.70. The summed E-state index contributed by atoms with van der Waals surface area (Å²) in [6.07, 6.45) is -5.63. The van der Waals surface area contributed by atoms with E-state index in [1.165, 1.54) is 0 Å². The maximum absolute atomic E-state index is 10.8. The molecule has 1 fully saturated rings. The van der Waals surface area contributed by atoms with Crippen molar-refractivity contribution in [3.05, 3.63) is 0 Å².